The Morgan fingerprint density at radius 2 is 1.78 bits per heavy atom. The molecule has 0 spiro atoms. The van der Waals surface area contributed by atoms with Crippen LogP contribution in [-0.4, -0.2) is 34.8 Å². The van der Waals surface area contributed by atoms with Gasteiger partial charge in [0.2, 0.25) is 5.91 Å². The summed E-state index contributed by atoms with van der Waals surface area (Å²) in [5, 5.41) is 2.69. The van der Waals surface area contributed by atoms with Crippen LogP contribution < -0.4 is 5.32 Å². The van der Waals surface area contributed by atoms with Crippen molar-refractivity contribution < 1.29 is 19.1 Å². The molecule has 0 atom stereocenters. The van der Waals surface area contributed by atoms with Crippen molar-refractivity contribution in [2.24, 2.45) is 0 Å². The van der Waals surface area contributed by atoms with Crippen molar-refractivity contribution in [2.45, 2.75) is 45.9 Å². The maximum absolute atomic E-state index is 11.6. The van der Waals surface area contributed by atoms with Gasteiger partial charge in [0.1, 0.15) is 5.60 Å². The van der Waals surface area contributed by atoms with Crippen molar-refractivity contribution >= 4 is 17.8 Å². The van der Waals surface area contributed by atoms with Crippen LogP contribution in [0.4, 0.5) is 4.79 Å². The van der Waals surface area contributed by atoms with E-state index < -0.39 is 11.7 Å². The van der Waals surface area contributed by atoms with Crippen LogP contribution >= 0.6 is 0 Å². The van der Waals surface area contributed by atoms with Crippen LogP contribution in [0.1, 0.15) is 38.3 Å². The summed E-state index contributed by atoms with van der Waals surface area (Å²) in [6.45, 7) is 6.44. The maximum atomic E-state index is 11.6. The minimum Gasteiger partial charge on any atom is -0.444 e. The molecular weight excluding hydrogens is 296 g/mol. The number of likely N-dealkylation sites (tertiary alicyclic amines) is 1. The summed E-state index contributed by atoms with van der Waals surface area (Å²) in [7, 11) is 0. The van der Waals surface area contributed by atoms with Crippen LogP contribution in [-0.2, 0) is 27.4 Å². The quantitative estimate of drug-likeness (QED) is 0.862. The Balaban J connectivity index is 1.84. The summed E-state index contributed by atoms with van der Waals surface area (Å²) in [5.74, 6) is -0.154. The lowest BCUT2D eigenvalue weighted by Crippen LogP contribution is -2.32. The van der Waals surface area contributed by atoms with E-state index in [1.54, 1.807) is 4.90 Å². The van der Waals surface area contributed by atoms with E-state index in [1.165, 1.54) is 0 Å². The molecule has 1 fully saturated rings. The predicted octanol–water partition coefficient (Wildman–Crippen LogP) is 2.01. The first-order valence-electron chi connectivity index (χ1n) is 7.57. The molecule has 6 nitrogen and oxygen atoms in total. The molecule has 0 unspecified atom stereocenters. The van der Waals surface area contributed by atoms with Crippen LogP contribution in [0.3, 0.4) is 0 Å². The third-order valence-electron chi connectivity index (χ3n) is 3.30. The van der Waals surface area contributed by atoms with Gasteiger partial charge in [-0.15, -0.1) is 0 Å². The van der Waals surface area contributed by atoms with Crippen molar-refractivity contribution in [1.82, 2.24) is 10.2 Å². The van der Waals surface area contributed by atoms with Gasteiger partial charge < -0.3 is 15.0 Å². The van der Waals surface area contributed by atoms with Crippen molar-refractivity contribution in [3.8, 4) is 0 Å². The second-order valence-corrected chi connectivity index (χ2v) is 6.64. The number of amides is 2. The summed E-state index contributed by atoms with van der Waals surface area (Å²) < 4.78 is 5.17. The van der Waals surface area contributed by atoms with E-state index in [0.717, 1.165) is 11.1 Å². The zero-order valence-corrected chi connectivity index (χ0v) is 13.7. The average molecular weight is 318 g/mol. The Morgan fingerprint density at radius 3 is 2.30 bits per heavy atom. The molecule has 0 aliphatic carbocycles. The Kier molecular flexibility index (Phi) is 5.03. The molecule has 1 saturated heterocycles. The number of ketones is 1. The summed E-state index contributed by atoms with van der Waals surface area (Å²) >= 11 is 0. The van der Waals surface area contributed by atoms with E-state index in [2.05, 4.69) is 5.32 Å². The number of Topliss-reactive ketones (excluding diaryl/α,β-unsaturated/α-hetero) is 1. The topological polar surface area (TPSA) is 75.7 Å². The first kappa shape index (κ1) is 17.0. The fraction of sp³-hybridized carbons (Fsp3) is 0.471. The number of hydrogen-bond acceptors (Lipinski definition) is 4. The van der Waals surface area contributed by atoms with E-state index in [-0.39, 0.29) is 24.7 Å². The van der Waals surface area contributed by atoms with E-state index in [4.69, 9.17) is 4.74 Å². The third-order valence-corrected chi connectivity index (χ3v) is 3.30. The largest absolute Gasteiger partial charge is 0.444 e. The lowest BCUT2D eigenvalue weighted by Gasteiger charge is -2.19. The molecule has 2 amide bonds. The normalized spacial score (nSPS) is 15.0. The summed E-state index contributed by atoms with van der Waals surface area (Å²) in [6.07, 6.45) is -0.444. The average Bonchev–Trinajstić information content (AvgIpc) is 2.74. The monoisotopic (exact) mass is 318 g/mol. The third kappa shape index (κ3) is 5.39. The van der Waals surface area contributed by atoms with Gasteiger partial charge in [0, 0.05) is 13.1 Å². The molecule has 6 heteroatoms. The molecular formula is C17H22N2O4. The van der Waals surface area contributed by atoms with E-state index in [1.807, 2.05) is 45.0 Å². The highest BCUT2D eigenvalue weighted by molar-refractivity contribution is 6.05. The highest BCUT2D eigenvalue weighted by atomic mass is 16.6. The fourth-order valence-corrected chi connectivity index (χ4v) is 2.25. The number of rotatable bonds is 4. The standard InChI is InChI=1S/C17H22N2O4/c1-17(2,3)23-16(22)18-9-12-4-6-13(7-5-12)10-19-11-14(20)8-15(19)21/h4-7H,8-11H2,1-3H3,(H,18,22). The van der Waals surface area contributed by atoms with E-state index >= 15 is 0 Å². The SMILES string of the molecule is CC(C)(C)OC(=O)NCc1ccc(CN2CC(=O)CC2=O)cc1. The number of nitrogens with one attached hydrogen (secondary N) is 1. The van der Waals surface area contributed by atoms with Gasteiger partial charge in [0.15, 0.2) is 5.78 Å². The lowest BCUT2D eigenvalue weighted by molar-refractivity contribution is -0.128. The van der Waals surface area contributed by atoms with Crippen LogP contribution in [0.5, 0.6) is 0 Å². The number of alkyl carbamates (subject to hydrolysis) is 1. The number of ether oxygens (including phenoxy) is 1. The highest BCUT2D eigenvalue weighted by Gasteiger charge is 2.27. The van der Waals surface area contributed by atoms with Gasteiger partial charge >= 0.3 is 6.09 Å². The van der Waals surface area contributed by atoms with Gasteiger partial charge in [-0.25, -0.2) is 4.79 Å². The lowest BCUT2D eigenvalue weighted by atomic mass is 10.1. The molecule has 0 radical (unpaired) electrons. The minimum atomic E-state index is -0.520. The summed E-state index contributed by atoms with van der Waals surface area (Å²) in [5.41, 5.74) is 1.37. The molecule has 1 N–H and O–H groups in total. The fourth-order valence-electron chi connectivity index (χ4n) is 2.25. The predicted molar refractivity (Wildman–Crippen MR) is 84.6 cm³/mol. The van der Waals surface area contributed by atoms with Crippen LogP contribution in [0.15, 0.2) is 24.3 Å². The molecule has 23 heavy (non-hydrogen) atoms. The molecule has 0 bridgehead atoms. The van der Waals surface area contributed by atoms with Gasteiger partial charge in [-0.05, 0) is 31.9 Å². The molecule has 1 aliphatic heterocycles. The molecule has 0 saturated carbocycles. The van der Waals surface area contributed by atoms with Gasteiger partial charge in [-0.3, -0.25) is 9.59 Å². The molecule has 1 aliphatic rings. The van der Waals surface area contributed by atoms with Crippen molar-refractivity contribution in [1.29, 1.82) is 0 Å². The second-order valence-electron chi connectivity index (χ2n) is 6.64. The Labute approximate surface area is 135 Å². The van der Waals surface area contributed by atoms with Crippen LogP contribution in [0.25, 0.3) is 0 Å². The maximum Gasteiger partial charge on any atom is 0.407 e. The Morgan fingerprint density at radius 1 is 1.17 bits per heavy atom. The summed E-state index contributed by atoms with van der Waals surface area (Å²) in [6, 6.07) is 7.55. The first-order chi connectivity index (χ1) is 10.7. The van der Waals surface area contributed by atoms with Gasteiger partial charge in [-0.1, -0.05) is 24.3 Å². The van der Waals surface area contributed by atoms with Crippen molar-refractivity contribution in [3.05, 3.63) is 35.4 Å². The number of nitrogens with zero attached hydrogens (tertiary/aromatic N) is 1. The van der Waals surface area contributed by atoms with Crippen LogP contribution in [0, 0.1) is 0 Å². The highest BCUT2D eigenvalue weighted by Crippen LogP contribution is 2.13. The zero-order valence-electron chi connectivity index (χ0n) is 13.7. The van der Waals surface area contributed by atoms with Gasteiger partial charge in [-0.2, -0.15) is 0 Å². The van der Waals surface area contributed by atoms with Crippen LogP contribution in [0.2, 0.25) is 0 Å². The first-order valence-corrected chi connectivity index (χ1v) is 7.57. The number of carbonyl (C=O) groups excluding carboxylic acids is 3. The van der Waals surface area contributed by atoms with Crippen molar-refractivity contribution in [3.63, 3.8) is 0 Å². The smallest absolute Gasteiger partial charge is 0.407 e. The molecule has 2 rings (SSSR count). The molecule has 1 aromatic carbocycles. The Bertz CT molecular complexity index is 602. The van der Waals surface area contributed by atoms with E-state index in [9.17, 15) is 14.4 Å². The zero-order chi connectivity index (χ0) is 17.0. The van der Waals surface area contributed by atoms with Crippen molar-refractivity contribution in [2.75, 3.05) is 6.54 Å². The molecule has 124 valence electrons. The van der Waals surface area contributed by atoms with Gasteiger partial charge in [0.05, 0.1) is 13.0 Å². The molecule has 1 heterocycles. The molecule has 0 aromatic heterocycles. The number of benzene rings is 1. The minimum absolute atomic E-state index is 0.0118. The second kappa shape index (κ2) is 6.81. The Hall–Kier alpha value is -2.37. The number of hydrogen-bond donors (Lipinski definition) is 1. The molecule has 1 aromatic rings. The van der Waals surface area contributed by atoms with E-state index in [0.29, 0.717) is 13.1 Å². The van der Waals surface area contributed by atoms with Gasteiger partial charge in [0.25, 0.3) is 0 Å². The summed E-state index contributed by atoms with van der Waals surface area (Å²) in [4.78, 5) is 36.0. The number of carbonyl (C=O) groups is 3.